The summed E-state index contributed by atoms with van der Waals surface area (Å²) < 4.78 is 5.23. The van der Waals surface area contributed by atoms with Gasteiger partial charge in [0.15, 0.2) is 0 Å². The Labute approximate surface area is 119 Å². The lowest BCUT2D eigenvalue weighted by Crippen LogP contribution is -2.18. The van der Waals surface area contributed by atoms with Gasteiger partial charge in [0.1, 0.15) is 0 Å². The molecule has 0 spiro atoms. The van der Waals surface area contributed by atoms with Crippen LogP contribution in [0.2, 0.25) is 0 Å². The lowest BCUT2D eigenvalue weighted by molar-refractivity contribution is 0.378. The van der Waals surface area contributed by atoms with E-state index in [1.165, 1.54) is 36.9 Å². The number of anilines is 1. The Balaban J connectivity index is 1.75. The zero-order valence-corrected chi connectivity index (χ0v) is 12.3. The Kier molecular flexibility index (Phi) is 3.24. The van der Waals surface area contributed by atoms with Crippen LogP contribution in [0.1, 0.15) is 38.7 Å². The van der Waals surface area contributed by atoms with Crippen molar-refractivity contribution < 1.29 is 4.42 Å². The summed E-state index contributed by atoms with van der Waals surface area (Å²) in [5.74, 6) is 0.571. The number of aromatic nitrogens is 2. The molecule has 1 unspecified atom stereocenters. The number of rotatable bonds is 3. The molecule has 106 valence electrons. The summed E-state index contributed by atoms with van der Waals surface area (Å²) >= 11 is 0. The molecule has 1 aliphatic rings. The molecule has 2 aromatic rings. The molecular weight excluding hydrogens is 250 g/mol. The maximum atomic E-state index is 5.23. The first-order chi connectivity index (χ1) is 9.53. The molecule has 0 bridgehead atoms. The average Bonchev–Trinajstić information content (AvgIpc) is 3.01. The van der Waals surface area contributed by atoms with Gasteiger partial charge in [-0.25, -0.2) is 0 Å². The van der Waals surface area contributed by atoms with Gasteiger partial charge in [-0.3, -0.25) is 0 Å². The third-order valence-electron chi connectivity index (χ3n) is 4.16. The smallest absolute Gasteiger partial charge is 0.247 e. The molecule has 4 heteroatoms. The van der Waals surface area contributed by atoms with E-state index in [4.69, 9.17) is 4.42 Å². The summed E-state index contributed by atoms with van der Waals surface area (Å²) in [4.78, 5) is 0. The minimum absolute atomic E-state index is 0.468. The van der Waals surface area contributed by atoms with Crippen molar-refractivity contribution in [3.8, 4) is 11.5 Å². The monoisotopic (exact) mass is 271 g/mol. The SMILES string of the molecule is Cc1cc(-c2nnco2)ccc1NC1CCC(C)(C)C1. The van der Waals surface area contributed by atoms with Crippen molar-refractivity contribution in [1.82, 2.24) is 10.2 Å². The molecule has 4 nitrogen and oxygen atoms in total. The summed E-state index contributed by atoms with van der Waals surface area (Å²) in [5, 5.41) is 11.3. The van der Waals surface area contributed by atoms with E-state index in [1.54, 1.807) is 0 Å². The van der Waals surface area contributed by atoms with Crippen molar-refractivity contribution in [3.63, 3.8) is 0 Å². The van der Waals surface area contributed by atoms with Crippen LogP contribution in [0.15, 0.2) is 29.0 Å². The molecule has 0 amide bonds. The van der Waals surface area contributed by atoms with Crippen molar-refractivity contribution in [2.24, 2.45) is 5.41 Å². The first-order valence-electron chi connectivity index (χ1n) is 7.17. The molecule has 1 N–H and O–H groups in total. The second-order valence-electron chi connectivity index (χ2n) is 6.52. The van der Waals surface area contributed by atoms with Crippen molar-refractivity contribution in [2.45, 2.75) is 46.1 Å². The molecule has 1 heterocycles. The Morgan fingerprint density at radius 3 is 2.80 bits per heavy atom. The van der Waals surface area contributed by atoms with Crippen molar-refractivity contribution >= 4 is 5.69 Å². The molecule has 1 saturated carbocycles. The van der Waals surface area contributed by atoms with Crippen LogP contribution in [0.4, 0.5) is 5.69 Å². The van der Waals surface area contributed by atoms with Gasteiger partial charge in [-0.05, 0) is 55.4 Å². The van der Waals surface area contributed by atoms with Crippen molar-refractivity contribution in [2.75, 3.05) is 5.32 Å². The van der Waals surface area contributed by atoms with Gasteiger partial charge in [0.05, 0.1) is 0 Å². The summed E-state index contributed by atoms with van der Waals surface area (Å²) in [6.45, 7) is 6.81. The Morgan fingerprint density at radius 1 is 1.35 bits per heavy atom. The zero-order valence-electron chi connectivity index (χ0n) is 12.3. The van der Waals surface area contributed by atoms with Gasteiger partial charge >= 0.3 is 0 Å². The van der Waals surface area contributed by atoms with Crippen LogP contribution >= 0.6 is 0 Å². The van der Waals surface area contributed by atoms with Crippen molar-refractivity contribution in [1.29, 1.82) is 0 Å². The molecule has 3 rings (SSSR count). The highest BCUT2D eigenvalue weighted by Gasteiger charge is 2.30. The van der Waals surface area contributed by atoms with E-state index >= 15 is 0 Å². The highest BCUT2D eigenvalue weighted by molar-refractivity contribution is 5.62. The third kappa shape index (κ3) is 2.69. The van der Waals surface area contributed by atoms with E-state index in [0.717, 1.165) is 5.56 Å². The van der Waals surface area contributed by atoms with Crippen LogP contribution in [0.25, 0.3) is 11.5 Å². The fourth-order valence-electron chi connectivity index (χ4n) is 3.04. The number of hydrogen-bond acceptors (Lipinski definition) is 4. The summed E-state index contributed by atoms with van der Waals surface area (Å²) in [5.41, 5.74) is 3.86. The van der Waals surface area contributed by atoms with E-state index in [-0.39, 0.29) is 0 Å². The van der Waals surface area contributed by atoms with Gasteiger partial charge < -0.3 is 9.73 Å². The van der Waals surface area contributed by atoms with Crippen LogP contribution in [0.3, 0.4) is 0 Å². The van der Waals surface area contributed by atoms with E-state index in [0.29, 0.717) is 17.3 Å². The molecule has 1 atom stereocenters. The maximum Gasteiger partial charge on any atom is 0.247 e. The average molecular weight is 271 g/mol. The van der Waals surface area contributed by atoms with E-state index < -0.39 is 0 Å². The molecule has 20 heavy (non-hydrogen) atoms. The van der Waals surface area contributed by atoms with Gasteiger partial charge in [0, 0.05) is 17.3 Å². The van der Waals surface area contributed by atoms with Crippen molar-refractivity contribution in [3.05, 3.63) is 30.2 Å². The van der Waals surface area contributed by atoms with Crippen LogP contribution in [0, 0.1) is 12.3 Å². The largest absolute Gasteiger partial charge is 0.423 e. The molecule has 1 aromatic carbocycles. The topological polar surface area (TPSA) is 51.0 Å². The number of nitrogens with one attached hydrogen (secondary N) is 1. The zero-order chi connectivity index (χ0) is 14.2. The van der Waals surface area contributed by atoms with Gasteiger partial charge in [-0.2, -0.15) is 0 Å². The molecule has 0 aliphatic heterocycles. The highest BCUT2D eigenvalue weighted by atomic mass is 16.4. The quantitative estimate of drug-likeness (QED) is 0.915. The molecule has 1 aromatic heterocycles. The minimum Gasteiger partial charge on any atom is -0.423 e. The fourth-order valence-corrected chi connectivity index (χ4v) is 3.04. The van der Waals surface area contributed by atoms with E-state index in [9.17, 15) is 0 Å². The lowest BCUT2D eigenvalue weighted by Gasteiger charge is -2.19. The normalized spacial score (nSPS) is 21.1. The number of benzene rings is 1. The van der Waals surface area contributed by atoms with E-state index in [2.05, 4.69) is 48.4 Å². The summed E-state index contributed by atoms with van der Waals surface area (Å²) in [7, 11) is 0. The number of aryl methyl sites for hydroxylation is 1. The van der Waals surface area contributed by atoms with Gasteiger partial charge in [-0.1, -0.05) is 13.8 Å². The number of nitrogens with zero attached hydrogens (tertiary/aromatic N) is 2. The van der Waals surface area contributed by atoms with E-state index in [1.807, 2.05) is 6.07 Å². The highest BCUT2D eigenvalue weighted by Crippen LogP contribution is 2.38. The van der Waals surface area contributed by atoms with Crippen LogP contribution in [0.5, 0.6) is 0 Å². The predicted octanol–water partition coefficient (Wildman–Crippen LogP) is 4.04. The molecule has 0 saturated heterocycles. The van der Waals surface area contributed by atoms with Gasteiger partial charge in [0.2, 0.25) is 12.3 Å². The summed E-state index contributed by atoms with van der Waals surface area (Å²) in [6.07, 6.45) is 5.14. The Hall–Kier alpha value is -1.84. The second kappa shape index (κ2) is 4.93. The fraction of sp³-hybridized carbons (Fsp3) is 0.500. The molecule has 0 radical (unpaired) electrons. The molecule has 1 fully saturated rings. The Morgan fingerprint density at radius 2 is 2.20 bits per heavy atom. The van der Waals surface area contributed by atoms with Gasteiger partial charge in [0.25, 0.3) is 0 Å². The third-order valence-corrected chi connectivity index (χ3v) is 4.16. The van der Waals surface area contributed by atoms with Gasteiger partial charge in [-0.15, -0.1) is 10.2 Å². The maximum absolute atomic E-state index is 5.23. The van der Waals surface area contributed by atoms with Crippen LogP contribution < -0.4 is 5.32 Å². The first kappa shape index (κ1) is 13.2. The standard InChI is InChI=1S/C16H21N3O/c1-11-8-12(15-19-17-10-20-15)4-5-14(11)18-13-6-7-16(2,3)9-13/h4-5,8,10,13,18H,6-7,9H2,1-3H3. The Bertz CT molecular complexity index is 590. The lowest BCUT2D eigenvalue weighted by atomic mass is 9.92. The minimum atomic E-state index is 0.468. The predicted molar refractivity (Wildman–Crippen MR) is 79.5 cm³/mol. The molecular formula is C16H21N3O. The van der Waals surface area contributed by atoms with Crippen LogP contribution in [-0.2, 0) is 0 Å². The number of hydrogen-bond donors (Lipinski definition) is 1. The summed E-state index contributed by atoms with van der Waals surface area (Å²) in [6, 6.07) is 6.82. The first-order valence-corrected chi connectivity index (χ1v) is 7.17. The van der Waals surface area contributed by atoms with Crippen LogP contribution in [-0.4, -0.2) is 16.2 Å². The molecule has 1 aliphatic carbocycles. The second-order valence-corrected chi connectivity index (χ2v) is 6.52.